The van der Waals surface area contributed by atoms with Crippen LogP contribution in [0, 0.1) is 11.8 Å². The molecule has 2 N–H and O–H groups in total. The van der Waals surface area contributed by atoms with Crippen LogP contribution in [0.2, 0.25) is 0 Å². The van der Waals surface area contributed by atoms with Gasteiger partial charge in [-0.1, -0.05) is 58.4 Å². The quantitative estimate of drug-likeness (QED) is 0.0824. The van der Waals surface area contributed by atoms with Gasteiger partial charge in [0.15, 0.2) is 0 Å². The third-order valence-electron chi connectivity index (χ3n) is 10.8. The molecule has 2 bridgehead atoms. The molecule has 1 aromatic carbocycles. The molecular weight excluding hydrogens is 748 g/mol. The number of unbranched alkanes of at least 4 members (excludes halogenated alkanes) is 2. The first-order chi connectivity index (χ1) is 25.7. The van der Waals surface area contributed by atoms with Gasteiger partial charge in [0.1, 0.15) is 17.7 Å². The van der Waals surface area contributed by atoms with Crippen molar-refractivity contribution in [3.8, 4) is 0 Å². The summed E-state index contributed by atoms with van der Waals surface area (Å²) in [6, 6.07) is 7.43. The lowest BCUT2D eigenvalue weighted by Gasteiger charge is -2.38. The maximum atomic E-state index is 14.8. The summed E-state index contributed by atoms with van der Waals surface area (Å²) in [7, 11) is 1.51. The van der Waals surface area contributed by atoms with Crippen LogP contribution in [-0.4, -0.2) is 145 Å². The van der Waals surface area contributed by atoms with E-state index >= 15 is 0 Å². The molecule has 5 rings (SSSR count). The van der Waals surface area contributed by atoms with Crippen molar-refractivity contribution in [2.24, 2.45) is 11.8 Å². The maximum absolute atomic E-state index is 14.8. The number of alkyl halides is 1. The van der Waals surface area contributed by atoms with Crippen LogP contribution in [0.5, 0.6) is 0 Å². The maximum Gasteiger partial charge on any atom is 0.313 e. The number of morpholine rings is 1. The highest BCUT2D eigenvalue weighted by molar-refractivity contribution is 9.09. The lowest BCUT2D eigenvalue weighted by atomic mass is 9.70. The topological polar surface area (TPSA) is 147 Å². The lowest BCUT2D eigenvalue weighted by Crippen LogP contribution is -2.57. The number of aliphatic hydroxyl groups is 1. The van der Waals surface area contributed by atoms with Crippen LogP contribution in [0.25, 0.3) is 0 Å². The van der Waals surface area contributed by atoms with Crippen molar-refractivity contribution < 1.29 is 43.2 Å². The number of nitrogens with zero attached hydrogens (tertiary/aromatic N) is 3. The third-order valence-corrected chi connectivity index (χ3v) is 11.7. The number of hydrogen-bond donors (Lipinski definition) is 2. The van der Waals surface area contributed by atoms with Gasteiger partial charge in [-0.25, -0.2) is 0 Å². The molecule has 0 saturated carbocycles. The molecule has 292 valence electrons. The zero-order chi connectivity index (χ0) is 38.0. The predicted molar refractivity (Wildman–Crippen MR) is 201 cm³/mol. The molecule has 4 aliphatic rings. The minimum absolute atomic E-state index is 0.0306. The van der Waals surface area contributed by atoms with Gasteiger partial charge in [0.2, 0.25) is 17.7 Å². The van der Waals surface area contributed by atoms with Gasteiger partial charge in [0.05, 0.1) is 43.8 Å². The molecule has 1 spiro atoms. The Morgan fingerprint density at radius 3 is 2.57 bits per heavy atom. The molecule has 13 nitrogen and oxygen atoms in total. The number of aliphatic hydroxyl groups excluding tert-OH is 1. The molecule has 0 aromatic heterocycles. The van der Waals surface area contributed by atoms with Gasteiger partial charge in [-0.05, 0) is 37.7 Å². The summed E-state index contributed by atoms with van der Waals surface area (Å²) in [5.41, 5.74) is -0.614. The van der Waals surface area contributed by atoms with E-state index < -0.39 is 47.7 Å². The van der Waals surface area contributed by atoms with E-state index in [0.717, 1.165) is 13.1 Å². The number of amides is 3. The number of allylic oxidation sites excluding steroid dienone is 1. The molecule has 1 unspecified atom stereocenters. The first kappa shape index (κ1) is 41.0. The summed E-state index contributed by atoms with van der Waals surface area (Å²) < 4.78 is 24.1. The summed E-state index contributed by atoms with van der Waals surface area (Å²) in [5, 5.41) is 12.4. The van der Waals surface area contributed by atoms with Gasteiger partial charge in [0.25, 0.3) is 0 Å². The number of fused-ring (bicyclic) bond motifs is 1. The predicted octanol–water partition coefficient (Wildman–Crippen LogP) is 2.63. The molecule has 0 radical (unpaired) electrons. The molecular formula is C39H55BrN4O9. The van der Waals surface area contributed by atoms with Gasteiger partial charge in [-0.3, -0.25) is 24.1 Å². The number of carbonyl (C=O) groups is 4. The first-order valence-corrected chi connectivity index (χ1v) is 19.7. The minimum atomic E-state index is -1.26. The molecule has 4 heterocycles. The van der Waals surface area contributed by atoms with Crippen LogP contribution in [0.3, 0.4) is 0 Å². The first-order valence-electron chi connectivity index (χ1n) is 18.8. The average Bonchev–Trinajstić information content (AvgIpc) is 3.76. The normalized spacial score (nSPS) is 27.6. The van der Waals surface area contributed by atoms with E-state index in [-0.39, 0.29) is 55.3 Å². The lowest BCUT2D eigenvalue weighted by molar-refractivity contribution is -0.163. The number of esters is 1. The molecule has 3 amide bonds. The number of likely N-dealkylation sites (tertiary alicyclic amines) is 1. The number of methoxy groups -OCH3 is 1. The second kappa shape index (κ2) is 19.4. The van der Waals surface area contributed by atoms with Crippen LogP contribution >= 0.6 is 15.9 Å². The summed E-state index contributed by atoms with van der Waals surface area (Å²) in [6.07, 6.45) is 4.56. The van der Waals surface area contributed by atoms with Crippen LogP contribution in [0.15, 0.2) is 55.6 Å². The van der Waals surface area contributed by atoms with Gasteiger partial charge < -0.3 is 39.2 Å². The van der Waals surface area contributed by atoms with Crippen LogP contribution < -0.4 is 5.32 Å². The van der Waals surface area contributed by atoms with Crippen molar-refractivity contribution in [2.75, 3.05) is 72.8 Å². The van der Waals surface area contributed by atoms with Gasteiger partial charge in [-0.2, -0.15) is 0 Å². The Bertz CT molecular complexity index is 1430. The van der Waals surface area contributed by atoms with Crippen LogP contribution in [0.1, 0.15) is 50.2 Å². The summed E-state index contributed by atoms with van der Waals surface area (Å²) in [5.74, 6) is -3.40. The average molecular weight is 804 g/mol. The summed E-state index contributed by atoms with van der Waals surface area (Å²) >= 11 is 3.76. The molecule has 4 aliphatic heterocycles. The van der Waals surface area contributed by atoms with Gasteiger partial charge >= 0.3 is 5.97 Å². The molecule has 0 aliphatic carbocycles. The smallest absolute Gasteiger partial charge is 0.313 e. The number of carbonyl (C=O) groups excluding carboxylic acids is 4. The molecule has 4 saturated heterocycles. The Morgan fingerprint density at radius 1 is 1.13 bits per heavy atom. The fourth-order valence-corrected chi connectivity index (χ4v) is 9.26. The van der Waals surface area contributed by atoms with Crippen molar-refractivity contribution in [1.29, 1.82) is 0 Å². The highest BCUT2D eigenvalue weighted by atomic mass is 79.9. The number of benzene rings is 1. The van der Waals surface area contributed by atoms with Crippen LogP contribution in [0.4, 0.5) is 0 Å². The number of hydrogen-bond acceptors (Lipinski definition) is 10. The number of ether oxygens (including phenoxy) is 4. The van der Waals surface area contributed by atoms with Gasteiger partial charge in [-0.15, -0.1) is 13.2 Å². The SMILES string of the molecule is C=CCCC(=O)N[C@H](COC)[C@H](OC(=O)[C@H]1[C@@H]2O[C@@]3(CC2Br)[C@@H]1C(=O)N(CCCCCO)[C@@H]3C(=O)N(CC=C)CCN1CCOCC1)c1ccccc1. The van der Waals surface area contributed by atoms with E-state index in [0.29, 0.717) is 64.0 Å². The van der Waals surface area contributed by atoms with Crippen LogP contribution in [-0.2, 0) is 38.1 Å². The van der Waals surface area contributed by atoms with Crippen molar-refractivity contribution >= 4 is 39.6 Å². The van der Waals surface area contributed by atoms with Crippen molar-refractivity contribution in [1.82, 2.24) is 20.0 Å². The van der Waals surface area contributed by atoms with E-state index in [9.17, 15) is 24.3 Å². The second-order valence-electron chi connectivity index (χ2n) is 14.2. The minimum Gasteiger partial charge on any atom is -0.455 e. The molecule has 1 aromatic rings. The zero-order valence-corrected chi connectivity index (χ0v) is 32.3. The highest BCUT2D eigenvalue weighted by Gasteiger charge is 2.77. The van der Waals surface area contributed by atoms with E-state index in [1.165, 1.54) is 7.11 Å². The number of rotatable bonds is 21. The van der Waals surface area contributed by atoms with Crippen molar-refractivity contribution in [2.45, 2.75) is 73.2 Å². The fraction of sp³-hybridized carbons (Fsp3) is 0.641. The highest BCUT2D eigenvalue weighted by Crippen LogP contribution is 2.60. The number of nitrogens with one attached hydrogen (secondary N) is 1. The van der Waals surface area contributed by atoms with Crippen molar-refractivity contribution in [3.63, 3.8) is 0 Å². The summed E-state index contributed by atoms with van der Waals surface area (Å²) in [4.78, 5) is 62.2. The van der Waals surface area contributed by atoms with E-state index in [2.05, 4.69) is 39.3 Å². The van der Waals surface area contributed by atoms with Crippen molar-refractivity contribution in [3.05, 3.63) is 61.2 Å². The number of halogens is 1. The van der Waals surface area contributed by atoms with E-state index in [4.69, 9.17) is 18.9 Å². The molecule has 53 heavy (non-hydrogen) atoms. The fourth-order valence-electron chi connectivity index (χ4n) is 8.32. The second-order valence-corrected chi connectivity index (χ2v) is 15.4. The van der Waals surface area contributed by atoms with Gasteiger partial charge in [0, 0.05) is 64.2 Å². The van der Waals surface area contributed by atoms with E-state index in [1.807, 2.05) is 30.3 Å². The Balaban J connectivity index is 1.46. The monoisotopic (exact) mass is 802 g/mol. The standard InChI is InChI=1S/C39H55BrN4O9/c1-4-6-15-30(46)41-29(26-50-3)33(27-13-9-7-10-14-27)52-38(49)31-32-36(47)44(17-11-8-12-22-45)35(39(32)25-28(40)34(31)53-39)37(48)43(16-5-2)19-18-42-20-23-51-24-21-42/h4-5,7,9-10,13-14,28-29,31-35,45H,1-2,6,8,11-12,15-26H2,3H3,(H,41,46)/t28?,29-,31-,32+,33-,34-,35-,39+/m1/s1. The molecule has 14 heteroatoms. The Kier molecular flexibility index (Phi) is 15.1. The molecule has 4 fully saturated rings. The Labute approximate surface area is 321 Å². The Hall–Kier alpha value is -3.14. The zero-order valence-electron chi connectivity index (χ0n) is 30.7. The summed E-state index contributed by atoms with van der Waals surface area (Å²) in [6.45, 7) is 12.2. The third kappa shape index (κ3) is 9.22. The largest absolute Gasteiger partial charge is 0.455 e. The molecule has 8 atom stereocenters. The van der Waals surface area contributed by atoms with E-state index in [1.54, 1.807) is 22.0 Å². The Morgan fingerprint density at radius 2 is 1.89 bits per heavy atom.